The van der Waals surface area contributed by atoms with Crippen LogP contribution >= 0.6 is 0 Å². The van der Waals surface area contributed by atoms with Crippen LogP contribution in [0.15, 0.2) is 18.3 Å². The van der Waals surface area contributed by atoms with E-state index in [4.69, 9.17) is 5.73 Å². The van der Waals surface area contributed by atoms with Crippen LogP contribution in [-0.4, -0.2) is 18.1 Å². The summed E-state index contributed by atoms with van der Waals surface area (Å²) in [5, 5.41) is 0. The van der Waals surface area contributed by atoms with E-state index in [2.05, 4.69) is 22.9 Å². The predicted molar refractivity (Wildman–Crippen MR) is 72.1 cm³/mol. The minimum Gasteiger partial charge on any atom is -0.356 e. The molecule has 94 valence electrons. The van der Waals surface area contributed by atoms with Crippen molar-refractivity contribution in [3.8, 4) is 0 Å². The van der Waals surface area contributed by atoms with Crippen LogP contribution in [-0.2, 0) is 0 Å². The maximum absolute atomic E-state index is 6.02. The normalized spacial score (nSPS) is 23.2. The van der Waals surface area contributed by atoms with E-state index in [1.54, 1.807) is 0 Å². The molecular formula is C14H23N3. The highest BCUT2D eigenvalue weighted by Crippen LogP contribution is 2.26. The molecule has 0 amide bonds. The van der Waals surface area contributed by atoms with Gasteiger partial charge in [0.1, 0.15) is 5.82 Å². The van der Waals surface area contributed by atoms with Crippen LogP contribution in [0.4, 0.5) is 5.82 Å². The number of pyridine rings is 1. The average Bonchev–Trinajstić information content (AvgIpc) is 2.54. The fourth-order valence-electron chi connectivity index (χ4n) is 2.50. The van der Waals surface area contributed by atoms with E-state index in [9.17, 15) is 0 Å². The monoisotopic (exact) mass is 233 g/mol. The molecule has 2 unspecified atom stereocenters. The first-order chi connectivity index (χ1) is 8.18. The molecule has 1 aliphatic rings. The summed E-state index contributed by atoms with van der Waals surface area (Å²) >= 11 is 0. The van der Waals surface area contributed by atoms with Crippen LogP contribution in [0.5, 0.6) is 0 Å². The van der Waals surface area contributed by atoms with Crippen molar-refractivity contribution < 1.29 is 0 Å². The fraction of sp³-hybridized carbons (Fsp3) is 0.643. The van der Waals surface area contributed by atoms with Crippen molar-refractivity contribution in [2.45, 2.75) is 39.2 Å². The van der Waals surface area contributed by atoms with Gasteiger partial charge in [0, 0.05) is 30.9 Å². The molecule has 17 heavy (non-hydrogen) atoms. The summed E-state index contributed by atoms with van der Waals surface area (Å²) in [4.78, 5) is 6.94. The average molecular weight is 233 g/mol. The molecule has 0 aliphatic carbocycles. The number of hydrogen-bond acceptors (Lipinski definition) is 3. The molecule has 1 fully saturated rings. The molecule has 1 saturated heterocycles. The van der Waals surface area contributed by atoms with E-state index in [0.717, 1.165) is 24.8 Å². The number of nitrogens with zero attached hydrogens (tertiary/aromatic N) is 2. The lowest BCUT2D eigenvalue weighted by Crippen LogP contribution is -2.27. The van der Waals surface area contributed by atoms with E-state index in [1.807, 2.05) is 19.2 Å². The Morgan fingerprint density at radius 2 is 2.24 bits per heavy atom. The smallest absolute Gasteiger partial charge is 0.133 e. The highest BCUT2D eigenvalue weighted by Gasteiger charge is 2.18. The van der Waals surface area contributed by atoms with Gasteiger partial charge in [-0.1, -0.05) is 13.0 Å². The molecule has 0 spiro atoms. The highest BCUT2D eigenvalue weighted by atomic mass is 15.2. The quantitative estimate of drug-likeness (QED) is 0.854. The van der Waals surface area contributed by atoms with Gasteiger partial charge in [-0.25, -0.2) is 4.98 Å². The van der Waals surface area contributed by atoms with Gasteiger partial charge < -0.3 is 10.6 Å². The Balaban J connectivity index is 2.21. The number of aromatic nitrogens is 1. The first kappa shape index (κ1) is 12.4. The van der Waals surface area contributed by atoms with Crippen molar-refractivity contribution in [1.82, 2.24) is 4.98 Å². The molecule has 2 rings (SSSR count). The van der Waals surface area contributed by atoms with Crippen LogP contribution in [0.25, 0.3) is 0 Å². The Labute approximate surface area is 104 Å². The highest BCUT2D eigenvalue weighted by molar-refractivity contribution is 5.48. The molecule has 0 bridgehead atoms. The number of rotatable bonds is 2. The molecule has 1 aromatic heterocycles. The van der Waals surface area contributed by atoms with Crippen molar-refractivity contribution in [3.63, 3.8) is 0 Å². The van der Waals surface area contributed by atoms with Crippen molar-refractivity contribution in [1.29, 1.82) is 0 Å². The molecule has 2 heterocycles. The van der Waals surface area contributed by atoms with Gasteiger partial charge in [0.05, 0.1) is 0 Å². The van der Waals surface area contributed by atoms with Crippen molar-refractivity contribution >= 4 is 5.82 Å². The summed E-state index contributed by atoms with van der Waals surface area (Å²) < 4.78 is 0. The Bertz CT molecular complexity index is 362. The zero-order chi connectivity index (χ0) is 12.3. The second-order valence-corrected chi connectivity index (χ2v) is 5.23. The molecule has 1 aromatic rings. The van der Waals surface area contributed by atoms with Crippen LogP contribution < -0.4 is 10.6 Å². The third-order valence-corrected chi connectivity index (χ3v) is 3.62. The van der Waals surface area contributed by atoms with Crippen LogP contribution in [0, 0.1) is 5.92 Å². The first-order valence-electron chi connectivity index (χ1n) is 6.64. The summed E-state index contributed by atoms with van der Waals surface area (Å²) in [6.07, 6.45) is 5.72. The van der Waals surface area contributed by atoms with E-state index in [-0.39, 0.29) is 6.04 Å². The molecule has 3 nitrogen and oxygen atoms in total. The van der Waals surface area contributed by atoms with Crippen molar-refractivity contribution in [2.24, 2.45) is 11.7 Å². The summed E-state index contributed by atoms with van der Waals surface area (Å²) in [5.74, 6) is 1.93. The van der Waals surface area contributed by atoms with Crippen molar-refractivity contribution in [2.75, 3.05) is 18.0 Å². The van der Waals surface area contributed by atoms with Crippen LogP contribution in [0.1, 0.15) is 44.7 Å². The molecule has 2 N–H and O–H groups in total. The number of nitrogens with two attached hydrogens (primary N) is 1. The van der Waals surface area contributed by atoms with E-state index in [1.165, 1.54) is 24.8 Å². The maximum atomic E-state index is 6.02. The fourth-order valence-corrected chi connectivity index (χ4v) is 2.50. The second-order valence-electron chi connectivity index (χ2n) is 5.23. The Kier molecular flexibility index (Phi) is 4.00. The maximum Gasteiger partial charge on any atom is 0.133 e. The van der Waals surface area contributed by atoms with E-state index in [0.29, 0.717) is 0 Å². The second kappa shape index (κ2) is 5.50. The SMILES string of the molecule is CC1CCCN(c2ncccc2C(C)N)CC1. The van der Waals surface area contributed by atoms with Crippen molar-refractivity contribution in [3.05, 3.63) is 23.9 Å². The third kappa shape index (κ3) is 2.97. The standard InChI is InChI=1S/C14H23N3/c1-11-5-4-9-17(10-7-11)14-13(12(2)15)6-3-8-16-14/h3,6,8,11-12H,4-5,7,9-10,15H2,1-2H3. The topological polar surface area (TPSA) is 42.2 Å². The minimum absolute atomic E-state index is 0.0550. The van der Waals surface area contributed by atoms with Gasteiger partial charge in [0.2, 0.25) is 0 Å². The van der Waals surface area contributed by atoms with Gasteiger partial charge in [0.25, 0.3) is 0 Å². The van der Waals surface area contributed by atoms with Gasteiger partial charge in [-0.2, -0.15) is 0 Å². The largest absolute Gasteiger partial charge is 0.356 e. The summed E-state index contributed by atoms with van der Waals surface area (Å²) in [6, 6.07) is 4.13. The van der Waals surface area contributed by atoms with Gasteiger partial charge in [-0.15, -0.1) is 0 Å². The minimum atomic E-state index is 0.0550. The lowest BCUT2D eigenvalue weighted by molar-refractivity contribution is 0.521. The molecule has 0 aromatic carbocycles. The summed E-state index contributed by atoms with van der Waals surface area (Å²) in [5.41, 5.74) is 7.19. The molecule has 2 atom stereocenters. The first-order valence-corrected chi connectivity index (χ1v) is 6.64. The summed E-state index contributed by atoms with van der Waals surface area (Å²) in [6.45, 7) is 6.59. The molecular weight excluding hydrogens is 210 g/mol. The zero-order valence-electron chi connectivity index (χ0n) is 10.9. The zero-order valence-corrected chi connectivity index (χ0v) is 10.9. The molecule has 3 heteroatoms. The van der Waals surface area contributed by atoms with E-state index >= 15 is 0 Å². The molecule has 0 radical (unpaired) electrons. The van der Waals surface area contributed by atoms with E-state index < -0.39 is 0 Å². The van der Waals surface area contributed by atoms with Gasteiger partial charge >= 0.3 is 0 Å². The third-order valence-electron chi connectivity index (χ3n) is 3.62. The van der Waals surface area contributed by atoms with Crippen LogP contribution in [0.2, 0.25) is 0 Å². The van der Waals surface area contributed by atoms with Gasteiger partial charge in [-0.3, -0.25) is 0 Å². The number of hydrogen-bond donors (Lipinski definition) is 1. The Hall–Kier alpha value is -1.09. The molecule has 1 aliphatic heterocycles. The van der Waals surface area contributed by atoms with Crippen LogP contribution in [0.3, 0.4) is 0 Å². The Morgan fingerprint density at radius 3 is 3.00 bits per heavy atom. The predicted octanol–water partition coefficient (Wildman–Crippen LogP) is 2.73. The number of anilines is 1. The Morgan fingerprint density at radius 1 is 1.41 bits per heavy atom. The lowest BCUT2D eigenvalue weighted by atomic mass is 10.0. The van der Waals surface area contributed by atoms with Gasteiger partial charge in [-0.05, 0) is 38.2 Å². The molecule has 0 saturated carbocycles. The lowest BCUT2D eigenvalue weighted by Gasteiger charge is -2.25. The van der Waals surface area contributed by atoms with Gasteiger partial charge in [0.15, 0.2) is 0 Å². The summed E-state index contributed by atoms with van der Waals surface area (Å²) in [7, 11) is 0.